The molecule has 0 aromatic carbocycles. The molecule has 44 heavy (non-hydrogen) atoms. The first kappa shape index (κ1) is 35.8. The van der Waals surface area contributed by atoms with E-state index in [-0.39, 0.29) is 13.0 Å². The highest BCUT2D eigenvalue weighted by molar-refractivity contribution is 5.84. The number of nitrogens with one attached hydrogen (secondary N) is 2. The zero-order valence-corrected chi connectivity index (χ0v) is 24.8. The van der Waals surface area contributed by atoms with Crippen LogP contribution in [0.25, 0.3) is 0 Å². The maximum absolute atomic E-state index is 12.8. The maximum atomic E-state index is 12.8. The summed E-state index contributed by atoms with van der Waals surface area (Å²) in [7, 11) is 0. The molecule has 0 bridgehead atoms. The molecule has 2 fully saturated rings. The van der Waals surface area contributed by atoms with Crippen LogP contribution in [0, 0.1) is 0 Å². The number of hydrogen-bond donors (Lipinski definition) is 8. The van der Waals surface area contributed by atoms with Gasteiger partial charge in [0.2, 0.25) is 5.91 Å². The molecule has 3 heterocycles. The predicted molar refractivity (Wildman–Crippen MR) is 153 cm³/mol. The fraction of sp³-hybridized carbons (Fsp3) is 0.786. The monoisotopic (exact) mass is 630 g/mol. The first-order chi connectivity index (χ1) is 21.0. The van der Waals surface area contributed by atoms with Crippen LogP contribution in [-0.2, 0) is 23.8 Å². The van der Waals surface area contributed by atoms with Gasteiger partial charge in [0, 0.05) is 25.2 Å². The van der Waals surface area contributed by atoms with Gasteiger partial charge in [0.15, 0.2) is 18.6 Å². The number of hydrogen-bond acceptors (Lipinski definition) is 12. The summed E-state index contributed by atoms with van der Waals surface area (Å²) in [6.07, 6.45) is -4.51. The lowest BCUT2D eigenvalue weighted by Crippen LogP contribution is -2.58. The molecule has 2 saturated heterocycles. The standard InChI is InChI=1S/C28H46N4O12/c1-2-3-4-5-6-7-8-9-10-11-16(33)30-18(26(39)40)23(44-27-22(38)19(35)15(14-29)42-27)24-20(36)21(37)25(43-24)32-13-12-17(34)31-28(32)41/h12-13,15,18-25,27,35-38H,2-11,14,29H2,1H3,(H,30,33)(H,39,40)(H,31,34,41)/t15-,18+,19-,20+,21-,22-,23+,24+,25-,27+/m1/s1. The zero-order chi connectivity index (χ0) is 32.4. The van der Waals surface area contributed by atoms with E-state index >= 15 is 0 Å². The number of aliphatic carboxylic acids is 1. The topological polar surface area (TPSA) is 256 Å². The smallest absolute Gasteiger partial charge is 0.330 e. The number of carboxylic acids is 1. The molecule has 2 aliphatic rings. The van der Waals surface area contributed by atoms with Crippen molar-refractivity contribution in [2.75, 3.05) is 6.54 Å². The third-order valence-corrected chi connectivity index (χ3v) is 7.98. The molecule has 0 unspecified atom stereocenters. The largest absolute Gasteiger partial charge is 0.480 e. The Morgan fingerprint density at radius 1 is 0.977 bits per heavy atom. The molecular weight excluding hydrogens is 584 g/mol. The summed E-state index contributed by atoms with van der Waals surface area (Å²) in [6, 6.07) is -0.904. The fourth-order valence-corrected chi connectivity index (χ4v) is 5.46. The van der Waals surface area contributed by atoms with Crippen molar-refractivity contribution >= 4 is 11.9 Å². The van der Waals surface area contributed by atoms with Crippen molar-refractivity contribution in [1.82, 2.24) is 14.9 Å². The van der Waals surface area contributed by atoms with Crippen molar-refractivity contribution in [2.24, 2.45) is 5.73 Å². The second kappa shape index (κ2) is 17.1. The van der Waals surface area contributed by atoms with E-state index in [0.717, 1.165) is 42.5 Å². The van der Waals surface area contributed by atoms with Gasteiger partial charge in [-0.05, 0) is 6.42 Å². The van der Waals surface area contributed by atoms with Gasteiger partial charge >= 0.3 is 11.7 Å². The van der Waals surface area contributed by atoms with Crippen molar-refractivity contribution in [3.05, 3.63) is 33.1 Å². The number of rotatable bonds is 18. The minimum Gasteiger partial charge on any atom is -0.480 e. The van der Waals surface area contributed by atoms with Gasteiger partial charge in [-0.1, -0.05) is 58.3 Å². The van der Waals surface area contributed by atoms with Crippen LogP contribution in [0.15, 0.2) is 21.9 Å². The minimum absolute atomic E-state index is 0.00888. The Morgan fingerprint density at radius 2 is 1.61 bits per heavy atom. The Bertz CT molecular complexity index is 1180. The number of amides is 1. The molecule has 1 amide bonds. The highest BCUT2D eigenvalue weighted by atomic mass is 16.7. The average molecular weight is 631 g/mol. The van der Waals surface area contributed by atoms with Crippen molar-refractivity contribution in [3.8, 4) is 0 Å². The van der Waals surface area contributed by atoms with Crippen LogP contribution in [0.1, 0.15) is 77.4 Å². The van der Waals surface area contributed by atoms with Gasteiger partial charge in [-0.2, -0.15) is 0 Å². The number of aromatic nitrogens is 2. The molecule has 0 saturated carbocycles. The molecule has 250 valence electrons. The van der Waals surface area contributed by atoms with Gasteiger partial charge in [-0.3, -0.25) is 19.1 Å². The number of nitrogens with zero attached hydrogens (tertiary/aromatic N) is 1. The van der Waals surface area contributed by atoms with Crippen molar-refractivity contribution in [1.29, 1.82) is 0 Å². The molecule has 1 aromatic rings. The Labute approximate surface area is 254 Å². The number of ether oxygens (including phenoxy) is 3. The summed E-state index contributed by atoms with van der Waals surface area (Å²) in [4.78, 5) is 51.2. The van der Waals surface area contributed by atoms with Crippen LogP contribution in [-0.4, -0.2) is 109 Å². The maximum Gasteiger partial charge on any atom is 0.330 e. The van der Waals surface area contributed by atoms with Gasteiger partial charge in [0.05, 0.1) is 0 Å². The molecule has 16 heteroatoms. The predicted octanol–water partition coefficient (Wildman–Crippen LogP) is -1.56. The number of aliphatic hydroxyl groups excluding tert-OH is 4. The molecule has 16 nitrogen and oxygen atoms in total. The normalized spacial score (nSPS) is 29.9. The van der Waals surface area contributed by atoms with E-state index in [1.165, 1.54) is 25.7 Å². The Hall–Kier alpha value is -2.70. The molecule has 0 spiro atoms. The molecule has 2 aliphatic heterocycles. The van der Waals surface area contributed by atoms with Crippen molar-refractivity contribution in [3.63, 3.8) is 0 Å². The van der Waals surface area contributed by atoms with E-state index in [0.29, 0.717) is 6.42 Å². The van der Waals surface area contributed by atoms with Gasteiger partial charge in [0.25, 0.3) is 5.56 Å². The fourth-order valence-electron chi connectivity index (χ4n) is 5.46. The van der Waals surface area contributed by atoms with Crippen LogP contribution >= 0.6 is 0 Å². The van der Waals surface area contributed by atoms with Crippen molar-refractivity contribution in [2.45, 2.75) is 132 Å². The van der Waals surface area contributed by atoms with Gasteiger partial charge in [0.1, 0.15) is 42.7 Å². The van der Waals surface area contributed by atoms with Crippen molar-refractivity contribution < 1.29 is 49.3 Å². The van der Waals surface area contributed by atoms with E-state index in [1.54, 1.807) is 0 Å². The Morgan fingerprint density at radius 3 is 2.18 bits per heavy atom. The van der Waals surface area contributed by atoms with Crippen LogP contribution in [0.3, 0.4) is 0 Å². The summed E-state index contributed by atoms with van der Waals surface area (Å²) >= 11 is 0. The van der Waals surface area contributed by atoms with E-state index in [9.17, 15) is 44.7 Å². The van der Waals surface area contributed by atoms with Crippen LogP contribution in [0.4, 0.5) is 0 Å². The number of carbonyl (C=O) groups is 2. The molecule has 0 radical (unpaired) electrons. The molecule has 3 rings (SSSR count). The van der Waals surface area contributed by atoms with E-state index < -0.39 is 84.4 Å². The molecular formula is C28H46N4O12. The number of aliphatic hydroxyl groups is 4. The Balaban J connectivity index is 1.75. The lowest BCUT2D eigenvalue weighted by Gasteiger charge is -2.33. The highest BCUT2D eigenvalue weighted by Gasteiger charge is 2.54. The molecule has 1 aromatic heterocycles. The lowest BCUT2D eigenvalue weighted by atomic mass is 9.98. The first-order valence-corrected chi connectivity index (χ1v) is 15.2. The van der Waals surface area contributed by atoms with Gasteiger partial charge < -0.3 is 50.8 Å². The number of carboxylic acid groups (broad SMARTS) is 1. The quantitative estimate of drug-likeness (QED) is 0.0855. The number of nitrogens with two attached hydrogens (primary N) is 1. The molecule has 9 N–H and O–H groups in total. The lowest BCUT2D eigenvalue weighted by molar-refractivity contribution is -0.228. The third kappa shape index (κ3) is 9.17. The summed E-state index contributed by atoms with van der Waals surface area (Å²) in [5.41, 5.74) is 3.87. The Kier molecular flexibility index (Phi) is 13.9. The average Bonchev–Trinajstić information content (AvgIpc) is 3.43. The van der Waals surface area contributed by atoms with Crippen LogP contribution in [0.5, 0.6) is 0 Å². The first-order valence-electron chi connectivity index (χ1n) is 15.2. The second-order valence-corrected chi connectivity index (χ2v) is 11.3. The highest BCUT2D eigenvalue weighted by Crippen LogP contribution is 2.34. The van der Waals surface area contributed by atoms with Crippen LogP contribution in [0.2, 0.25) is 0 Å². The number of carbonyl (C=O) groups excluding carboxylic acids is 1. The van der Waals surface area contributed by atoms with E-state index in [4.69, 9.17) is 19.9 Å². The molecule has 10 atom stereocenters. The number of aromatic amines is 1. The summed E-state index contributed by atoms with van der Waals surface area (Å²) < 4.78 is 17.7. The number of unbranched alkanes of at least 4 members (excludes halogenated alkanes) is 8. The summed E-state index contributed by atoms with van der Waals surface area (Å²) in [5.74, 6) is -2.21. The SMILES string of the molecule is CCCCCCCCCCCC(=O)N[C@H](C(=O)O)[C@H](O[C@@H]1O[C@H](CN)[C@@H](O)[C@H]1O)[C@H]1O[C@@H](n2ccc(=O)[nH]c2=O)[C@H](O)[C@@H]1O. The second-order valence-electron chi connectivity index (χ2n) is 11.3. The van der Waals surface area contributed by atoms with Crippen LogP contribution < -0.4 is 22.3 Å². The summed E-state index contributed by atoms with van der Waals surface area (Å²) in [6.45, 7) is 1.95. The van der Waals surface area contributed by atoms with E-state index in [1.807, 2.05) is 4.98 Å². The number of H-pyrrole nitrogens is 1. The minimum atomic E-state index is -1.89. The third-order valence-electron chi connectivity index (χ3n) is 7.98. The summed E-state index contributed by atoms with van der Waals surface area (Å²) in [5, 5.41) is 54.9. The zero-order valence-electron chi connectivity index (χ0n) is 24.8. The van der Waals surface area contributed by atoms with E-state index in [2.05, 4.69) is 12.2 Å². The van der Waals surface area contributed by atoms with Gasteiger partial charge in [-0.25, -0.2) is 9.59 Å². The molecule has 0 aliphatic carbocycles. The van der Waals surface area contributed by atoms with Gasteiger partial charge in [-0.15, -0.1) is 0 Å².